The number of aliphatic hydroxyl groups excluding tert-OH is 1. The summed E-state index contributed by atoms with van der Waals surface area (Å²) in [6.45, 7) is 3.87. The maximum Gasteiger partial charge on any atom is 0.472 e. The largest absolute Gasteiger partial charge is 0.498 e. The van der Waals surface area contributed by atoms with E-state index in [2.05, 4.69) is 55.5 Å². The van der Waals surface area contributed by atoms with Gasteiger partial charge in [0.15, 0.2) is 6.10 Å². The summed E-state index contributed by atoms with van der Waals surface area (Å²) in [5, 5.41) is 9.55. The van der Waals surface area contributed by atoms with Gasteiger partial charge in [-0.25, -0.2) is 4.57 Å². The molecule has 0 rings (SSSR count). The first-order valence-electron chi connectivity index (χ1n) is 20.4. The Morgan fingerprint density at radius 1 is 0.673 bits per heavy atom. The quantitative estimate of drug-likeness (QED) is 0.0185. The van der Waals surface area contributed by atoms with Crippen molar-refractivity contribution in [2.24, 2.45) is 5.73 Å². The molecule has 0 aliphatic rings. The Morgan fingerprint density at radius 2 is 1.19 bits per heavy atom. The molecule has 52 heavy (non-hydrogen) atoms. The monoisotopic (exact) mass is 754 g/mol. The molecular weight excluding hydrogens is 677 g/mol. The lowest BCUT2D eigenvalue weighted by Crippen LogP contribution is -2.27. The molecule has 10 heteroatoms. The van der Waals surface area contributed by atoms with E-state index >= 15 is 0 Å². The van der Waals surface area contributed by atoms with Gasteiger partial charge in [-0.3, -0.25) is 13.8 Å². The molecule has 0 aromatic heterocycles. The summed E-state index contributed by atoms with van der Waals surface area (Å²) in [4.78, 5) is 22.4. The average molecular weight is 754 g/mol. The number of hydrogen-bond acceptors (Lipinski definition) is 8. The van der Waals surface area contributed by atoms with Crippen molar-refractivity contribution >= 4 is 13.8 Å². The molecular formula is C42H76NO8P. The fourth-order valence-electron chi connectivity index (χ4n) is 5.23. The number of esters is 1. The van der Waals surface area contributed by atoms with Gasteiger partial charge in [0.05, 0.1) is 25.6 Å². The van der Waals surface area contributed by atoms with Gasteiger partial charge < -0.3 is 25.2 Å². The second-order valence-electron chi connectivity index (χ2n) is 13.4. The SMILES string of the molecule is CCCCCCCCCCCCCCC/C=C\OCC(COP(=O)(O)OCCN)OC(=O)CCC/C=C\C/C=C\C/C=C\C/C=C\CCC(O)CC. The lowest BCUT2D eigenvalue weighted by atomic mass is 10.0. The summed E-state index contributed by atoms with van der Waals surface area (Å²) in [6, 6.07) is 0. The van der Waals surface area contributed by atoms with E-state index in [0.717, 1.165) is 57.8 Å². The number of phosphoric ester groups is 1. The van der Waals surface area contributed by atoms with Gasteiger partial charge >= 0.3 is 13.8 Å². The van der Waals surface area contributed by atoms with Crippen molar-refractivity contribution in [2.75, 3.05) is 26.4 Å². The fourth-order valence-corrected chi connectivity index (χ4v) is 5.99. The highest BCUT2D eigenvalue weighted by Crippen LogP contribution is 2.43. The van der Waals surface area contributed by atoms with Crippen molar-refractivity contribution in [2.45, 2.75) is 174 Å². The van der Waals surface area contributed by atoms with E-state index in [0.29, 0.717) is 6.42 Å². The molecule has 0 radical (unpaired) electrons. The first-order chi connectivity index (χ1) is 25.3. The highest BCUT2D eigenvalue weighted by Gasteiger charge is 2.25. The summed E-state index contributed by atoms with van der Waals surface area (Å²) >= 11 is 0. The smallest absolute Gasteiger partial charge is 0.472 e. The molecule has 0 spiro atoms. The second-order valence-corrected chi connectivity index (χ2v) is 14.8. The van der Waals surface area contributed by atoms with Crippen LogP contribution in [0.5, 0.6) is 0 Å². The molecule has 0 bridgehead atoms. The van der Waals surface area contributed by atoms with Gasteiger partial charge in [0, 0.05) is 13.0 Å². The number of nitrogens with two attached hydrogens (primary N) is 1. The summed E-state index contributed by atoms with van der Waals surface area (Å²) in [5.74, 6) is -0.419. The molecule has 0 aromatic rings. The third kappa shape index (κ3) is 37.7. The number of phosphoric acid groups is 1. The Balaban J connectivity index is 4.24. The zero-order valence-corrected chi connectivity index (χ0v) is 33.8. The van der Waals surface area contributed by atoms with E-state index in [4.69, 9.17) is 24.3 Å². The molecule has 4 N–H and O–H groups in total. The molecule has 0 saturated carbocycles. The van der Waals surface area contributed by atoms with Crippen LogP contribution in [0.4, 0.5) is 0 Å². The summed E-state index contributed by atoms with van der Waals surface area (Å²) in [5.41, 5.74) is 5.35. The number of rotatable bonds is 38. The van der Waals surface area contributed by atoms with Gasteiger partial charge in [-0.05, 0) is 70.3 Å². The Hall–Kier alpha value is -2.00. The maximum absolute atomic E-state index is 12.5. The number of carbonyl (C=O) groups is 1. The Labute approximate surface area is 317 Å². The minimum absolute atomic E-state index is 0.0000837. The number of unbranched alkanes of at least 4 members (excludes halogenated alkanes) is 14. The lowest BCUT2D eigenvalue weighted by Gasteiger charge is -2.19. The number of ether oxygens (including phenoxy) is 2. The van der Waals surface area contributed by atoms with Crippen molar-refractivity contribution in [3.63, 3.8) is 0 Å². The molecule has 3 atom stereocenters. The molecule has 0 heterocycles. The summed E-state index contributed by atoms with van der Waals surface area (Å²) < 4.78 is 33.0. The van der Waals surface area contributed by atoms with Gasteiger partial charge in [0.25, 0.3) is 0 Å². The van der Waals surface area contributed by atoms with Crippen LogP contribution in [0.2, 0.25) is 0 Å². The molecule has 0 aliphatic carbocycles. The van der Waals surface area contributed by atoms with Crippen LogP contribution in [0.3, 0.4) is 0 Å². The number of hydrogen-bond donors (Lipinski definition) is 3. The Kier molecular flexibility index (Phi) is 37.2. The molecule has 0 fully saturated rings. The van der Waals surface area contributed by atoms with Crippen LogP contribution in [0.25, 0.3) is 0 Å². The molecule has 0 aromatic carbocycles. The first kappa shape index (κ1) is 50.0. The highest BCUT2D eigenvalue weighted by molar-refractivity contribution is 7.47. The van der Waals surface area contributed by atoms with Crippen LogP contribution in [0.15, 0.2) is 60.9 Å². The Morgan fingerprint density at radius 3 is 1.75 bits per heavy atom. The van der Waals surface area contributed by atoms with Crippen molar-refractivity contribution in [3.05, 3.63) is 60.9 Å². The van der Waals surface area contributed by atoms with Crippen molar-refractivity contribution in [1.82, 2.24) is 0 Å². The Bertz CT molecular complexity index is 996. The molecule has 3 unspecified atom stereocenters. The predicted octanol–water partition coefficient (Wildman–Crippen LogP) is 11.1. The van der Waals surface area contributed by atoms with Crippen molar-refractivity contribution in [3.8, 4) is 0 Å². The summed E-state index contributed by atoms with van der Waals surface area (Å²) in [7, 11) is -4.31. The molecule has 0 amide bonds. The minimum atomic E-state index is -4.31. The van der Waals surface area contributed by atoms with E-state index < -0.39 is 19.9 Å². The zero-order valence-electron chi connectivity index (χ0n) is 32.9. The number of aliphatic hydroxyl groups is 1. The van der Waals surface area contributed by atoms with Crippen LogP contribution in [-0.2, 0) is 27.9 Å². The van der Waals surface area contributed by atoms with Crippen molar-refractivity contribution in [1.29, 1.82) is 0 Å². The van der Waals surface area contributed by atoms with Crippen molar-refractivity contribution < 1.29 is 37.9 Å². The predicted molar refractivity (Wildman–Crippen MR) is 216 cm³/mol. The van der Waals surface area contributed by atoms with Gasteiger partial charge in [-0.2, -0.15) is 0 Å². The normalized spacial score (nSPS) is 14.7. The second kappa shape index (κ2) is 38.7. The zero-order chi connectivity index (χ0) is 38.2. The van der Waals surface area contributed by atoms with Crippen LogP contribution in [0, 0.1) is 0 Å². The number of allylic oxidation sites excluding steroid dienone is 9. The third-order valence-corrected chi connectivity index (χ3v) is 9.40. The van der Waals surface area contributed by atoms with E-state index in [9.17, 15) is 19.4 Å². The molecule has 302 valence electrons. The standard InChI is InChI=1S/C42H76NO8P/c1-3-5-6-7-8-9-10-11-14-17-20-23-26-29-32-36-48-38-41(39-50-52(46,47)49-37-35-43)51-42(45)34-31-28-25-22-19-16-13-12-15-18-21-24-27-30-33-40(44)4-2/h13,15-16,18,22,24-25,27,32,36,40-41,44H,3-12,14,17,19-21,23,26,28-31,33-35,37-39,43H2,1-2H3,(H,46,47)/b16-13-,18-15-,25-22-,27-24-,36-32-. The topological polar surface area (TPSA) is 138 Å². The summed E-state index contributed by atoms with van der Waals surface area (Å²) in [6.07, 6.45) is 44.2. The molecule has 9 nitrogen and oxygen atoms in total. The van der Waals surface area contributed by atoms with E-state index in [1.54, 1.807) is 6.26 Å². The lowest BCUT2D eigenvalue weighted by molar-refractivity contribution is -0.153. The van der Waals surface area contributed by atoms with Crippen LogP contribution >= 0.6 is 7.82 Å². The van der Waals surface area contributed by atoms with Gasteiger partial charge in [0.1, 0.15) is 6.61 Å². The third-order valence-electron chi connectivity index (χ3n) is 8.42. The average Bonchev–Trinajstić information content (AvgIpc) is 3.13. The highest BCUT2D eigenvalue weighted by atomic mass is 31.2. The molecule has 0 aliphatic heterocycles. The van der Waals surface area contributed by atoms with Gasteiger partial charge in [-0.1, -0.05) is 140 Å². The van der Waals surface area contributed by atoms with E-state index in [1.165, 1.54) is 77.0 Å². The van der Waals surface area contributed by atoms with Crippen LogP contribution < -0.4 is 5.73 Å². The molecule has 0 saturated heterocycles. The van der Waals surface area contributed by atoms with Crippen LogP contribution in [-0.4, -0.2) is 54.5 Å². The van der Waals surface area contributed by atoms with Crippen LogP contribution in [0.1, 0.15) is 162 Å². The van der Waals surface area contributed by atoms with Gasteiger partial charge in [0.2, 0.25) is 0 Å². The van der Waals surface area contributed by atoms with E-state index in [-0.39, 0.29) is 38.9 Å². The van der Waals surface area contributed by atoms with E-state index in [1.807, 2.05) is 13.0 Å². The maximum atomic E-state index is 12.5. The minimum Gasteiger partial charge on any atom is -0.498 e. The van der Waals surface area contributed by atoms with Gasteiger partial charge in [-0.15, -0.1) is 0 Å². The fraction of sp³-hybridized carbons (Fsp3) is 0.738. The first-order valence-corrected chi connectivity index (χ1v) is 21.9. The number of carbonyl (C=O) groups excluding carboxylic acids is 1.